The highest BCUT2D eigenvalue weighted by Crippen LogP contribution is 2.35. The first-order valence-corrected chi connectivity index (χ1v) is 28.8. The van der Waals surface area contributed by atoms with Crippen LogP contribution in [0.2, 0.25) is 0 Å². The number of ether oxygens (including phenoxy) is 1. The van der Waals surface area contributed by atoms with Gasteiger partial charge in [-0.2, -0.15) is 0 Å². The van der Waals surface area contributed by atoms with Gasteiger partial charge in [0.25, 0.3) is 0 Å². The lowest BCUT2D eigenvalue weighted by Gasteiger charge is -2.44. The number of likely N-dealkylation sites (tertiary alicyclic amines) is 1. The second kappa shape index (κ2) is 25.8. The van der Waals surface area contributed by atoms with E-state index in [9.17, 15) is 24.0 Å². The molecule has 18 nitrogen and oxygen atoms in total. The van der Waals surface area contributed by atoms with E-state index in [-0.39, 0.29) is 74.7 Å². The number of aryl methyl sites for hydroxylation is 1. The standard InChI is InChI=1S/C64H84N10O8/c1-39(65-9)56(75)69-54(63(3,4)5)60(79)73-36-46-24-16-15-23-44(46)33-52(73)59(78)72(53(38-82-11)43-21-13-12-14-22-43)35-41-28-29-50-45(32-41)30-31-71(50)62(81)67-47-34-51(58(77)68-49-27-19-25-42-20-17-18-26-48(42)49)74(37-47)61(80)55(64(6,7)8)70-57(76)40(2)66-10/h12-18,20-24,26,28-32,39-40,47,49,51-55,65-66H,19,25,27,33-38H2,1-11H3,(H,67,81)(H,68,77)(H,69,75)(H,70,76)/t39?,40?,47-,49+,51-,52?,53+,54?,55?/m0/s1. The van der Waals surface area contributed by atoms with Gasteiger partial charge in [0.05, 0.1) is 42.3 Å². The van der Waals surface area contributed by atoms with Crippen molar-refractivity contribution in [2.75, 3.05) is 34.4 Å². The molecule has 0 saturated carbocycles. The number of benzene rings is 4. The molecule has 5 aromatic rings. The summed E-state index contributed by atoms with van der Waals surface area (Å²) in [5.41, 5.74) is 4.85. The van der Waals surface area contributed by atoms with E-state index in [4.69, 9.17) is 4.74 Å². The topological polar surface area (TPSA) is 216 Å². The maximum Gasteiger partial charge on any atom is 0.326 e. The van der Waals surface area contributed by atoms with Crippen LogP contribution in [0.15, 0.2) is 109 Å². The lowest BCUT2D eigenvalue weighted by Crippen LogP contribution is -2.62. The highest BCUT2D eigenvalue weighted by Gasteiger charge is 2.47. The fourth-order valence-corrected chi connectivity index (χ4v) is 11.6. The number of carbonyl (C=O) groups excluding carboxylic acids is 7. The van der Waals surface area contributed by atoms with E-state index in [0.29, 0.717) is 5.52 Å². The molecule has 0 spiro atoms. The van der Waals surface area contributed by atoms with Crippen molar-refractivity contribution in [1.29, 1.82) is 0 Å². The molecule has 0 bridgehead atoms. The molecule has 18 heteroatoms. The molecule has 1 aromatic heterocycles. The van der Waals surface area contributed by atoms with Gasteiger partial charge in [-0.25, -0.2) is 4.79 Å². The van der Waals surface area contributed by atoms with E-state index in [0.717, 1.165) is 52.5 Å². The van der Waals surface area contributed by atoms with Crippen molar-refractivity contribution in [3.05, 3.63) is 143 Å². The number of nitrogens with one attached hydrogen (secondary N) is 6. The summed E-state index contributed by atoms with van der Waals surface area (Å²) in [6.07, 6.45) is 4.62. The van der Waals surface area contributed by atoms with Gasteiger partial charge in [-0.15, -0.1) is 0 Å². The minimum absolute atomic E-state index is 0.0296. The van der Waals surface area contributed by atoms with Crippen LogP contribution in [-0.2, 0) is 59.4 Å². The van der Waals surface area contributed by atoms with Crippen molar-refractivity contribution < 1.29 is 38.3 Å². The third-order valence-corrected chi connectivity index (χ3v) is 16.7. The molecule has 82 heavy (non-hydrogen) atoms. The lowest BCUT2D eigenvalue weighted by molar-refractivity contribution is -0.153. The first-order chi connectivity index (χ1) is 39.0. The molecule has 4 aromatic carbocycles. The molecule has 1 aliphatic carbocycles. The van der Waals surface area contributed by atoms with Crippen LogP contribution in [0, 0.1) is 10.8 Å². The number of rotatable bonds is 18. The van der Waals surface area contributed by atoms with Crippen molar-refractivity contribution in [2.45, 2.75) is 155 Å². The minimum atomic E-state index is -0.976. The summed E-state index contributed by atoms with van der Waals surface area (Å²) < 4.78 is 7.36. The van der Waals surface area contributed by atoms with Crippen molar-refractivity contribution in [2.24, 2.45) is 10.8 Å². The van der Waals surface area contributed by atoms with E-state index in [1.807, 2.05) is 139 Å². The molecular formula is C64H84N10O8. The second-order valence-corrected chi connectivity index (χ2v) is 24.6. The van der Waals surface area contributed by atoms with Crippen LogP contribution in [0.25, 0.3) is 10.9 Å². The van der Waals surface area contributed by atoms with Crippen molar-refractivity contribution in [3.63, 3.8) is 0 Å². The molecule has 9 atom stereocenters. The average Bonchev–Trinajstić information content (AvgIpc) is 4.20. The number of fused-ring (bicyclic) bond motifs is 3. The molecule has 1 saturated heterocycles. The fraction of sp³-hybridized carbons (Fsp3) is 0.484. The number of likely N-dealkylation sites (N-methyl/N-ethyl adjacent to an activating group) is 2. The van der Waals surface area contributed by atoms with Crippen molar-refractivity contribution in [3.8, 4) is 0 Å². The Balaban J connectivity index is 1.08. The molecule has 1 fully saturated rings. The van der Waals surface area contributed by atoms with Gasteiger partial charge in [0.1, 0.15) is 24.2 Å². The molecule has 6 N–H and O–H groups in total. The number of aromatic nitrogens is 1. The minimum Gasteiger partial charge on any atom is -0.382 e. The van der Waals surface area contributed by atoms with Crippen molar-refractivity contribution in [1.82, 2.24) is 51.2 Å². The average molecular weight is 1120 g/mol. The number of carbonyl (C=O) groups is 7. The van der Waals surface area contributed by atoms with Gasteiger partial charge < -0.3 is 51.3 Å². The van der Waals surface area contributed by atoms with Gasteiger partial charge in [-0.1, -0.05) is 126 Å². The molecule has 438 valence electrons. The summed E-state index contributed by atoms with van der Waals surface area (Å²) in [7, 11) is 4.95. The zero-order chi connectivity index (χ0) is 59.2. The van der Waals surface area contributed by atoms with Crippen LogP contribution in [0.4, 0.5) is 4.79 Å². The quantitative estimate of drug-likeness (QED) is 0.0575. The molecule has 7 amide bonds. The van der Waals surface area contributed by atoms with Crippen LogP contribution in [-0.4, -0.2) is 137 Å². The fourth-order valence-electron chi connectivity index (χ4n) is 11.6. The van der Waals surface area contributed by atoms with E-state index >= 15 is 9.59 Å². The molecule has 3 heterocycles. The summed E-state index contributed by atoms with van der Waals surface area (Å²) in [5.74, 6) is -2.08. The van der Waals surface area contributed by atoms with Crippen LogP contribution >= 0.6 is 0 Å². The monoisotopic (exact) mass is 1120 g/mol. The van der Waals surface area contributed by atoms with Crippen LogP contribution in [0.3, 0.4) is 0 Å². The number of nitrogens with zero attached hydrogens (tertiary/aromatic N) is 4. The van der Waals surface area contributed by atoms with Gasteiger partial charge in [-0.3, -0.25) is 33.3 Å². The maximum absolute atomic E-state index is 15.8. The first-order valence-electron chi connectivity index (χ1n) is 28.8. The highest BCUT2D eigenvalue weighted by molar-refractivity contribution is 5.96. The van der Waals surface area contributed by atoms with Gasteiger partial charge in [-0.05, 0) is 116 Å². The molecule has 3 aliphatic rings. The third kappa shape index (κ3) is 13.6. The smallest absolute Gasteiger partial charge is 0.326 e. The predicted molar refractivity (Wildman–Crippen MR) is 316 cm³/mol. The van der Waals surface area contributed by atoms with E-state index in [2.05, 4.69) is 38.0 Å². The van der Waals surface area contributed by atoms with E-state index in [1.54, 1.807) is 51.0 Å². The van der Waals surface area contributed by atoms with Crippen molar-refractivity contribution >= 4 is 52.4 Å². The van der Waals surface area contributed by atoms with Gasteiger partial charge in [0, 0.05) is 44.7 Å². The number of methoxy groups -OCH3 is 1. The van der Waals surface area contributed by atoms with Gasteiger partial charge >= 0.3 is 6.03 Å². The number of hydrogen-bond donors (Lipinski definition) is 6. The summed E-state index contributed by atoms with van der Waals surface area (Å²) in [5, 5.41) is 19.0. The molecule has 0 radical (unpaired) electrons. The molecular weight excluding hydrogens is 1040 g/mol. The Hall–Kier alpha value is -7.41. The lowest BCUT2D eigenvalue weighted by atomic mass is 9.84. The first kappa shape index (κ1) is 60.7. The summed E-state index contributed by atoms with van der Waals surface area (Å²) >= 11 is 0. The predicted octanol–water partition coefficient (Wildman–Crippen LogP) is 6.31. The Bertz CT molecular complexity index is 3130. The maximum atomic E-state index is 15.8. The van der Waals surface area contributed by atoms with E-state index in [1.165, 1.54) is 15.0 Å². The Morgan fingerprint density at radius 3 is 1.91 bits per heavy atom. The Morgan fingerprint density at radius 1 is 0.695 bits per heavy atom. The Morgan fingerprint density at radius 2 is 1.29 bits per heavy atom. The van der Waals surface area contributed by atoms with E-state index < -0.39 is 71.1 Å². The van der Waals surface area contributed by atoms with Gasteiger partial charge in [0.2, 0.25) is 35.4 Å². The normalized spacial score (nSPS) is 19.8. The third-order valence-electron chi connectivity index (χ3n) is 16.7. The Labute approximate surface area is 482 Å². The zero-order valence-corrected chi connectivity index (χ0v) is 49.5. The Kier molecular flexibility index (Phi) is 19.1. The van der Waals surface area contributed by atoms with Crippen LogP contribution in [0.5, 0.6) is 0 Å². The zero-order valence-electron chi connectivity index (χ0n) is 49.5. The molecule has 5 unspecified atom stereocenters. The van der Waals surface area contributed by atoms with Gasteiger partial charge in [0.15, 0.2) is 0 Å². The molecule has 2 aliphatic heterocycles. The second-order valence-electron chi connectivity index (χ2n) is 24.6. The van der Waals surface area contributed by atoms with Crippen LogP contribution in [0.1, 0.15) is 120 Å². The SMILES string of the molecule is CNC(C)C(=O)NC(C(=O)N1Cc2ccccc2CC1C(=O)N(Cc1ccc2c(ccn2C(=O)N[C@H]2C[C@@H](C(=O)N[C@@H]3CCCc4ccccc43)N(C(=O)C(NC(=O)C(C)NC)C(C)(C)C)C2)c1)[C@H](COC)c1ccccc1)C(C)(C)C. The summed E-state index contributed by atoms with van der Waals surface area (Å²) in [6, 6.07) is 26.1. The summed E-state index contributed by atoms with van der Waals surface area (Å²) in [6.45, 7) is 15.2. The summed E-state index contributed by atoms with van der Waals surface area (Å²) in [4.78, 5) is 106. The number of amides is 7. The highest BCUT2D eigenvalue weighted by atomic mass is 16.5. The molecule has 8 rings (SSSR count). The number of hydrogen-bond acceptors (Lipinski definition) is 10. The largest absolute Gasteiger partial charge is 0.382 e. The van der Waals surface area contributed by atoms with Crippen LogP contribution < -0.4 is 31.9 Å².